The molecule has 11 heteroatoms. The number of methoxy groups -OCH3 is 1. The number of imidazole rings is 1. The van der Waals surface area contributed by atoms with Gasteiger partial charge in [0.1, 0.15) is 23.5 Å². The quantitative estimate of drug-likeness (QED) is 0.269. The Hall–Kier alpha value is -3.40. The van der Waals surface area contributed by atoms with Crippen LogP contribution in [0.4, 0.5) is 4.39 Å². The smallest absolute Gasteiger partial charge is 0.251 e. The number of aromatic nitrogens is 3. The standard InChI is InChI=1S/C26H26Cl2FN5O3/c1-14(22-18(27)6-7-19(29)23(22)28)37-16-12-17(26(36-4)31-13-16)24-32-20-8-5-15(11-21(20)33-24)25(35)30-9-10-34(2)3/h5-8,11-14H,9-10H2,1-4H3,(H,30,35)(H,32,33)/t14-/m1/s1. The number of carbonyl (C=O) groups is 1. The molecule has 0 unspecified atom stereocenters. The number of pyridine rings is 1. The Balaban J connectivity index is 1.61. The van der Waals surface area contributed by atoms with E-state index in [4.69, 9.17) is 32.7 Å². The maximum Gasteiger partial charge on any atom is 0.251 e. The normalized spacial score (nSPS) is 12.1. The molecule has 0 fully saturated rings. The van der Waals surface area contributed by atoms with Gasteiger partial charge in [0.15, 0.2) is 0 Å². The fourth-order valence-electron chi connectivity index (χ4n) is 3.78. The Labute approximate surface area is 223 Å². The number of benzene rings is 2. The number of aromatic amines is 1. The molecule has 194 valence electrons. The van der Waals surface area contributed by atoms with E-state index in [-0.39, 0.29) is 10.9 Å². The first-order chi connectivity index (χ1) is 17.7. The Morgan fingerprint density at radius 1 is 1.22 bits per heavy atom. The molecule has 2 heterocycles. The van der Waals surface area contributed by atoms with E-state index in [2.05, 4.69) is 20.3 Å². The average Bonchev–Trinajstić information content (AvgIpc) is 3.29. The van der Waals surface area contributed by atoms with Gasteiger partial charge in [-0.2, -0.15) is 0 Å². The molecule has 2 N–H and O–H groups in total. The maximum absolute atomic E-state index is 14.0. The summed E-state index contributed by atoms with van der Waals surface area (Å²) in [4.78, 5) is 26.7. The van der Waals surface area contributed by atoms with Gasteiger partial charge in [-0.3, -0.25) is 4.79 Å². The van der Waals surface area contributed by atoms with Crippen molar-refractivity contribution in [2.75, 3.05) is 34.3 Å². The van der Waals surface area contributed by atoms with Gasteiger partial charge in [0.05, 0.1) is 34.9 Å². The van der Waals surface area contributed by atoms with E-state index >= 15 is 0 Å². The number of fused-ring (bicyclic) bond motifs is 1. The number of ether oxygens (including phenoxy) is 2. The lowest BCUT2D eigenvalue weighted by Crippen LogP contribution is -2.31. The van der Waals surface area contributed by atoms with Gasteiger partial charge < -0.3 is 24.7 Å². The third-order valence-corrected chi connectivity index (χ3v) is 6.38. The SMILES string of the molecule is COc1ncc(O[C@H](C)c2c(Cl)ccc(F)c2Cl)cc1-c1nc2ccc(C(=O)NCCN(C)C)cc2[nH]1. The number of nitrogens with zero attached hydrogens (tertiary/aromatic N) is 3. The van der Waals surface area contributed by atoms with E-state index in [9.17, 15) is 9.18 Å². The molecule has 2 aromatic heterocycles. The molecule has 0 aliphatic carbocycles. The van der Waals surface area contributed by atoms with Crippen molar-refractivity contribution in [3.63, 3.8) is 0 Å². The van der Waals surface area contributed by atoms with Crippen LogP contribution in [0.1, 0.15) is 28.9 Å². The molecule has 0 bridgehead atoms. The van der Waals surface area contributed by atoms with Crippen molar-refractivity contribution in [1.82, 2.24) is 25.2 Å². The van der Waals surface area contributed by atoms with E-state index in [1.165, 1.54) is 25.4 Å². The number of nitrogens with one attached hydrogen (secondary N) is 2. The Bertz CT molecular complexity index is 1440. The minimum Gasteiger partial charge on any atom is -0.484 e. The molecule has 37 heavy (non-hydrogen) atoms. The lowest BCUT2D eigenvalue weighted by atomic mass is 10.1. The van der Waals surface area contributed by atoms with Crippen molar-refractivity contribution < 1.29 is 18.7 Å². The van der Waals surface area contributed by atoms with Crippen LogP contribution in [-0.2, 0) is 0 Å². The van der Waals surface area contributed by atoms with E-state index < -0.39 is 11.9 Å². The number of halogens is 3. The van der Waals surface area contributed by atoms with E-state index in [0.29, 0.717) is 56.7 Å². The minimum absolute atomic E-state index is 0.0967. The number of amides is 1. The van der Waals surface area contributed by atoms with Crippen LogP contribution in [0.15, 0.2) is 42.6 Å². The largest absolute Gasteiger partial charge is 0.484 e. The fourth-order valence-corrected chi connectivity index (χ4v) is 4.46. The summed E-state index contributed by atoms with van der Waals surface area (Å²) in [7, 11) is 5.39. The molecule has 8 nitrogen and oxygen atoms in total. The summed E-state index contributed by atoms with van der Waals surface area (Å²) < 4.78 is 25.4. The summed E-state index contributed by atoms with van der Waals surface area (Å²) >= 11 is 12.4. The summed E-state index contributed by atoms with van der Waals surface area (Å²) in [6, 6.07) is 9.58. The van der Waals surface area contributed by atoms with Crippen LogP contribution in [0.2, 0.25) is 10.0 Å². The molecule has 0 saturated carbocycles. The van der Waals surface area contributed by atoms with Gasteiger partial charge in [-0.15, -0.1) is 0 Å². The zero-order valence-electron chi connectivity index (χ0n) is 20.7. The first kappa shape index (κ1) is 26.7. The predicted molar refractivity (Wildman–Crippen MR) is 142 cm³/mol. The third-order valence-electron chi connectivity index (χ3n) is 5.66. The van der Waals surface area contributed by atoms with E-state index in [0.717, 1.165) is 6.54 Å². The molecule has 0 spiro atoms. The summed E-state index contributed by atoms with van der Waals surface area (Å²) in [5, 5.41) is 3.09. The summed E-state index contributed by atoms with van der Waals surface area (Å²) in [6.45, 7) is 2.99. The number of likely N-dealkylation sites (N-methyl/N-ethyl adjacent to an activating group) is 1. The lowest BCUT2D eigenvalue weighted by molar-refractivity contribution is 0.0951. The van der Waals surface area contributed by atoms with Crippen LogP contribution in [0.5, 0.6) is 11.6 Å². The topological polar surface area (TPSA) is 92.4 Å². The highest BCUT2D eigenvalue weighted by Gasteiger charge is 2.21. The maximum atomic E-state index is 14.0. The van der Waals surface area contributed by atoms with Crippen LogP contribution in [0.25, 0.3) is 22.4 Å². The van der Waals surface area contributed by atoms with Gasteiger partial charge >= 0.3 is 0 Å². The van der Waals surface area contributed by atoms with Crippen molar-refractivity contribution in [3.8, 4) is 23.0 Å². The molecule has 4 rings (SSSR count). The second kappa shape index (κ2) is 11.3. The van der Waals surface area contributed by atoms with Gasteiger partial charge in [0.25, 0.3) is 5.91 Å². The zero-order chi connectivity index (χ0) is 26.7. The minimum atomic E-state index is -0.664. The third kappa shape index (κ3) is 5.95. The van der Waals surface area contributed by atoms with Gasteiger partial charge in [-0.25, -0.2) is 14.4 Å². The number of H-pyrrole nitrogens is 1. The second-order valence-electron chi connectivity index (χ2n) is 8.62. The Morgan fingerprint density at radius 2 is 2.00 bits per heavy atom. The first-order valence-corrected chi connectivity index (χ1v) is 12.2. The van der Waals surface area contributed by atoms with Crippen molar-refractivity contribution >= 4 is 40.1 Å². The fraction of sp³-hybridized carbons (Fsp3) is 0.269. The van der Waals surface area contributed by atoms with Gasteiger partial charge in [-0.1, -0.05) is 23.2 Å². The Morgan fingerprint density at radius 3 is 2.73 bits per heavy atom. The van der Waals surface area contributed by atoms with Crippen LogP contribution in [-0.4, -0.2) is 60.1 Å². The number of rotatable bonds is 9. The van der Waals surface area contributed by atoms with Gasteiger partial charge in [0, 0.05) is 29.2 Å². The zero-order valence-corrected chi connectivity index (χ0v) is 22.2. The summed E-state index contributed by atoms with van der Waals surface area (Å²) in [6.07, 6.45) is 0.821. The lowest BCUT2D eigenvalue weighted by Gasteiger charge is -2.18. The van der Waals surface area contributed by atoms with Crippen molar-refractivity contribution in [2.45, 2.75) is 13.0 Å². The predicted octanol–water partition coefficient (Wildman–Crippen LogP) is 5.51. The van der Waals surface area contributed by atoms with Gasteiger partial charge in [0.2, 0.25) is 5.88 Å². The molecule has 4 aromatic rings. The molecule has 0 aliphatic heterocycles. The highest BCUT2D eigenvalue weighted by atomic mass is 35.5. The number of carbonyl (C=O) groups excluding carboxylic acids is 1. The molecule has 0 aliphatic rings. The van der Waals surface area contributed by atoms with Gasteiger partial charge in [-0.05, 0) is 57.4 Å². The molecular weight excluding hydrogens is 520 g/mol. The number of hydrogen-bond donors (Lipinski definition) is 2. The Kier molecular flexibility index (Phi) is 8.16. The van der Waals surface area contributed by atoms with Crippen LogP contribution >= 0.6 is 23.2 Å². The molecule has 0 radical (unpaired) electrons. The van der Waals surface area contributed by atoms with Crippen molar-refractivity contribution in [1.29, 1.82) is 0 Å². The molecule has 2 aromatic carbocycles. The highest BCUT2D eigenvalue weighted by molar-refractivity contribution is 6.36. The first-order valence-electron chi connectivity index (χ1n) is 11.4. The van der Waals surface area contributed by atoms with Crippen LogP contribution < -0.4 is 14.8 Å². The van der Waals surface area contributed by atoms with Crippen molar-refractivity contribution in [3.05, 3.63) is 69.6 Å². The molecular formula is C26H26Cl2FN5O3. The highest BCUT2D eigenvalue weighted by Crippen LogP contribution is 2.37. The molecule has 1 amide bonds. The monoisotopic (exact) mass is 545 g/mol. The summed E-state index contributed by atoms with van der Waals surface area (Å²) in [5.41, 5.74) is 2.73. The van der Waals surface area contributed by atoms with Crippen molar-refractivity contribution in [2.24, 2.45) is 0 Å². The molecule has 0 saturated heterocycles. The van der Waals surface area contributed by atoms with E-state index in [1.807, 2.05) is 19.0 Å². The van der Waals surface area contributed by atoms with E-state index in [1.54, 1.807) is 31.2 Å². The summed E-state index contributed by atoms with van der Waals surface area (Å²) in [5.74, 6) is 0.421. The second-order valence-corrected chi connectivity index (χ2v) is 9.41. The average molecular weight is 546 g/mol. The van der Waals surface area contributed by atoms with Crippen LogP contribution in [0.3, 0.4) is 0 Å². The number of hydrogen-bond acceptors (Lipinski definition) is 6. The van der Waals surface area contributed by atoms with Crippen LogP contribution in [0, 0.1) is 5.82 Å². The molecule has 1 atom stereocenters.